The summed E-state index contributed by atoms with van der Waals surface area (Å²) >= 11 is 0. The monoisotopic (exact) mass is 319 g/mol. The molecule has 4 heterocycles. The lowest BCUT2D eigenvalue weighted by molar-refractivity contribution is 0.665. The number of nitrogens with one attached hydrogen (secondary N) is 1. The van der Waals surface area contributed by atoms with Crippen molar-refractivity contribution in [2.45, 2.75) is 25.8 Å². The fourth-order valence-electron chi connectivity index (χ4n) is 3.50. The molecule has 1 atom stereocenters. The Labute approximate surface area is 138 Å². The lowest BCUT2D eigenvalue weighted by Gasteiger charge is -2.24. The standard InChI is InChI=1S/C17H17N7/c1-11-20-21-15-8-9-16(22-24(11)15)23-10-4-7-14(23)17-18-12-5-2-3-6-13(12)19-17/h2-3,5-6,8-9,14H,4,7,10H2,1H3,(H,18,19). The van der Waals surface area contributed by atoms with Crippen molar-refractivity contribution in [2.24, 2.45) is 0 Å². The van der Waals surface area contributed by atoms with Crippen LogP contribution in [-0.4, -0.2) is 36.3 Å². The van der Waals surface area contributed by atoms with Crippen LogP contribution in [0.5, 0.6) is 0 Å². The molecule has 0 radical (unpaired) electrons. The number of hydrogen-bond donors (Lipinski definition) is 1. The van der Waals surface area contributed by atoms with E-state index < -0.39 is 0 Å². The molecule has 7 nitrogen and oxygen atoms in total. The molecule has 0 saturated carbocycles. The molecule has 7 heteroatoms. The molecule has 0 aliphatic carbocycles. The van der Waals surface area contributed by atoms with Crippen LogP contribution in [0.15, 0.2) is 36.4 Å². The second kappa shape index (κ2) is 5.02. The number of aryl methyl sites for hydroxylation is 1. The van der Waals surface area contributed by atoms with Gasteiger partial charge in [-0.05, 0) is 44.0 Å². The van der Waals surface area contributed by atoms with Crippen LogP contribution in [-0.2, 0) is 0 Å². The van der Waals surface area contributed by atoms with E-state index in [1.54, 1.807) is 4.52 Å². The number of nitrogens with zero attached hydrogens (tertiary/aromatic N) is 6. The Kier molecular flexibility index (Phi) is 2.82. The molecule has 24 heavy (non-hydrogen) atoms. The molecular formula is C17H17N7. The third-order valence-corrected chi connectivity index (χ3v) is 4.68. The summed E-state index contributed by atoms with van der Waals surface area (Å²) in [6.45, 7) is 2.89. The van der Waals surface area contributed by atoms with Crippen molar-refractivity contribution in [1.29, 1.82) is 0 Å². The van der Waals surface area contributed by atoms with Gasteiger partial charge >= 0.3 is 0 Å². The summed E-state index contributed by atoms with van der Waals surface area (Å²) in [6.07, 6.45) is 2.20. The minimum Gasteiger partial charge on any atom is -0.345 e. The van der Waals surface area contributed by atoms with Crippen LogP contribution in [0.4, 0.5) is 5.82 Å². The van der Waals surface area contributed by atoms with E-state index in [2.05, 4.69) is 26.1 Å². The summed E-state index contributed by atoms with van der Waals surface area (Å²) in [4.78, 5) is 10.6. The number of aromatic nitrogens is 6. The van der Waals surface area contributed by atoms with Gasteiger partial charge in [0.15, 0.2) is 11.5 Å². The van der Waals surface area contributed by atoms with Gasteiger partial charge < -0.3 is 9.88 Å². The fraction of sp³-hybridized carbons (Fsp3) is 0.294. The summed E-state index contributed by atoms with van der Waals surface area (Å²) in [5, 5.41) is 12.9. The third-order valence-electron chi connectivity index (χ3n) is 4.68. The molecule has 1 N–H and O–H groups in total. The van der Waals surface area contributed by atoms with Gasteiger partial charge in [-0.1, -0.05) is 12.1 Å². The highest BCUT2D eigenvalue weighted by molar-refractivity contribution is 5.75. The van der Waals surface area contributed by atoms with Crippen LogP contribution in [0.1, 0.15) is 30.5 Å². The minimum atomic E-state index is 0.221. The highest BCUT2D eigenvalue weighted by atomic mass is 15.4. The first-order valence-corrected chi connectivity index (χ1v) is 8.20. The lowest BCUT2D eigenvalue weighted by atomic mass is 10.2. The normalized spacial score (nSPS) is 18.0. The highest BCUT2D eigenvalue weighted by Gasteiger charge is 2.30. The number of H-pyrrole nitrogens is 1. The Hall–Kier alpha value is -2.96. The van der Waals surface area contributed by atoms with Crippen LogP contribution >= 0.6 is 0 Å². The molecule has 120 valence electrons. The lowest BCUT2D eigenvalue weighted by Crippen LogP contribution is -2.25. The van der Waals surface area contributed by atoms with Gasteiger partial charge in [-0.2, -0.15) is 4.52 Å². The fourth-order valence-corrected chi connectivity index (χ4v) is 3.50. The Balaban J connectivity index is 1.57. The number of rotatable bonds is 2. The van der Waals surface area contributed by atoms with E-state index in [-0.39, 0.29) is 6.04 Å². The Bertz CT molecular complexity index is 999. The Morgan fingerprint density at radius 2 is 2.04 bits per heavy atom. The number of benzene rings is 1. The molecule has 0 bridgehead atoms. The van der Waals surface area contributed by atoms with E-state index in [1.165, 1.54) is 0 Å². The van der Waals surface area contributed by atoms with Gasteiger partial charge in [-0.25, -0.2) is 4.98 Å². The number of anilines is 1. The molecule has 1 saturated heterocycles. The molecule has 1 aromatic carbocycles. The second-order valence-electron chi connectivity index (χ2n) is 6.20. The van der Waals surface area contributed by atoms with Crippen LogP contribution in [0.25, 0.3) is 16.7 Å². The molecule has 1 unspecified atom stereocenters. The zero-order valence-corrected chi connectivity index (χ0v) is 13.3. The van der Waals surface area contributed by atoms with Gasteiger partial charge in [-0.3, -0.25) is 0 Å². The van der Waals surface area contributed by atoms with Gasteiger partial charge in [-0.15, -0.1) is 15.3 Å². The van der Waals surface area contributed by atoms with Crippen molar-refractivity contribution in [3.63, 3.8) is 0 Å². The number of aromatic amines is 1. The van der Waals surface area contributed by atoms with Gasteiger partial charge in [0.25, 0.3) is 0 Å². The molecule has 1 aliphatic heterocycles. The maximum atomic E-state index is 4.78. The second-order valence-corrected chi connectivity index (χ2v) is 6.20. The van der Waals surface area contributed by atoms with Crippen molar-refractivity contribution >= 4 is 22.5 Å². The molecule has 0 amide bonds. The molecule has 1 aliphatic rings. The summed E-state index contributed by atoms with van der Waals surface area (Å²) in [5.74, 6) is 2.75. The van der Waals surface area contributed by atoms with Gasteiger partial charge in [0.2, 0.25) is 0 Å². The van der Waals surface area contributed by atoms with E-state index in [0.717, 1.165) is 53.5 Å². The topological polar surface area (TPSA) is 75.0 Å². The SMILES string of the molecule is Cc1nnc2ccc(N3CCCC3c3nc4ccccc4[nH]3)nn12. The molecule has 4 aromatic rings. The Morgan fingerprint density at radius 3 is 2.96 bits per heavy atom. The van der Waals surface area contributed by atoms with Crippen molar-refractivity contribution in [3.8, 4) is 0 Å². The summed E-state index contributed by atoms with van der Waals surface area (Å²) in [5.41, 5.74) is 2.87. The number of para-hydroxylation sites is 2. The van der Waals surface area contributed by atoms with Crippen molar-refractivity contribution in [1.82, 2.24) is 29.8 Å². The largest absolute Gasteiger partial charge is 0.345 e. The first-order chi connectivity index (χ1) is 11.8. The number of fused-ring (bicyclic) bond motifs is 2. The van der Waals surface area contributed by atoms with Crippen molar-refractivity contribution < 1.29 is 0 Å². The predicted octanol–water partition coefficient (Wildman–Crippen LogP) is 2.65. The van der Waals surface area contributed by atoms with E-state index in [1.807, 2.05) is 37.3 Å². The zero-order valence-electron chi connectivity index (χ0n) is 13.3. The maximum Gasteiger partial charge on any atom is 0.178 e. The summed E-state index contributed by atoms with van der Waals surface area (Å²) in [7, 11) is 0. The Morgan fingerprint density at radius 1 is 1.12 bits per heavy atom. The van der Waals surface area contributed by atoms with Crippen molar-refractivity contribution in [3.05, 3.63) is 48.0 Å². The zero-order chi connectivity index (χ0) is 16.1. The third kappa shape index (κ3) is 1.97. The maximum absolute atomic E-state index is 4.78. The first-order valence-electron chi connectivity index (χ1n) is 8.20. The van der Waals surface area contributed by atoms with E-state index >= 15 is 0 Å². The van der Waals surface area contributed by atoms with Gasteiger partial charge in [0, 0.05) is 6.54 Å². The number of hydrogen-bond acceptors (Lipinski definition) is 5. The van der Waals surface area contributed by atoms with Crippen LogP contribution in [0, 0.1) is 6.92 Å². The molecule has 0 spiro atoms. The van der Waals surface area contributed by atoms with E-state index in [4.69, 9.17) is 10.1 Å². The highest BCUT2D eigenvalue weighted by Crippen LogP contribution is 2.34. The minimum absolute atomic E-state index is 0.221. The average Bonchev–Trinajstić information content (AvgIpc) is 3.32. The molecular weight excluding hydrogens is 302 g/mol. The number of imidazole rings is 1. The van der Waals surface area contributed by atoms with E-state index in [9.17, 15) is 0 Å². The smallest absolute Gasteiger partial charge is 0.178 e. The van der Waals surface area contributed by atoms with Crippen LogP contribution < -0.4 is 4.90 Å². The molecule has 3 aromatic heterocycles. The van der Waals surface area contributed by atoms with Crippen LogP contribution in [0.3, 0.4) is 0 Å². The average molecular weight is 319 g/mol. The molecule has 1 fully saturated rings. The van der Waals surface area contributed by atoms with Crippen molar-refractivity contribution in [2.75, 3.05) is 11.4 Å². The van der Waals surface area contributed by atoms with Gasteiger partial charge in [0.05, 0.1) is 17.1 Å². The van der Waals surface area contributed by atoms with E-state index in [0.29, 0.717) is 0 Å². The first kappa shape index (κ1) is 13.5. The summed E-state index contributed by atoms with van der Waals surface area (Å²) in [6, 6.07) is 12.4. The van der Waals surface area contributed by atoms with Gasteiger partial charge in [0.1, 0.15) is 11.6 Å². The molecule has 5 rings (SSSR count). The summed E-state index contributed by atoms with van der Waals surface area (Å²) < 4.78 is 1.79. The quantitative estimate of drug-likeness (QED) is 0.615. The van der Waals surface area contributed by atoms with Crippen LogP contribution in [0.2, 0.25) is 0 Å². The predicted molar refractivity (Wildman–Crippen MR) is 90.9 cm³/mol.